The number of benzene rings is 12. The molecule has 2 aromatic heterocycles. The van der Waals surface area contributed by atoms with Gasteiger partial charge in [-0.3, -0.25) is 0 Å². The standard InChI is InChI=1S/C65H41NS/c1-65(2)58-20-10-9-19-49(58)50-28-24-43(35-59(50)65)42-26-31-63-57(34-42)56-33-41(25-30-62(56)67-63)40-23-27-48-52(32-40)46-17-7-8-18-47(46)53-36-55-51-29-22-39-13-4-6-16-45(39)64(51)66(61(55)37-54(48)53)60-21-11-14-38-12-3-5-15-44(38)60/h3-37H,1-2H3. The van der Waals surface area contributed by atoms with E-state index in [1.54, 1.807) is 0 Å². The van der Waals surface area contributed by atoms with Gasteiger partial charge in [-0.25, -0.2) is 0 Å². The molecular weight excluding hydrogens is 827 g/mol. The molecular formula is C65H41NS. The van der Waals surface area contributed by atoms with Crippen LogP contribution in [0.1, 0.15) is 25.0 Å². The molecule has 0 radical (unpaired) electrons. The Labute approximate surface area is 391 Å². The molecule has 0 atom stereocenters. The molecule has 0 spiro atoms. The molecule has 312 valence electrons. The summed E-state index contributed by atoms with van der Waals surface area (Å²) in [5, 5.41) is 17.8. The van der Waals surface area contributed by atoms with E-state index in [1.165, 1.54) is 146 Å². The fourth-order valence-corrected chi connectivity index (χ4v) is 13.1. The van der Waals surface area contributed by atoms with E-state index in [9.17, 15) is 0 Å². The second-order valence-electron chi connectivity index (χ2n) is 19.2. The first kappa shape index (κ1) is 37.2. The second kappa shape index (κ2) is 13.5. The number of fused-ring (bicyclic) bond motifs is 18. The minimum atomic E-state index is -0.0352. The molecule has 67 heavy (non-hydrogen) atoms. The minimum Gasteiger partial charge on any atom is -0.308 e. The Morgan fingerprint density at radius 2 is 0.851 bits per heavy atom. The zero-order valence-corrected chi connectivity index (χ0v) is 37.9. The van der Waals surface area contributed by atoms with Crippen molar-refractivity contribution in [2.45, 2.75) is 19.3 Å². The molecule has 2 heterocycles. The molecule has 1 aliphatic rings. The van der Waals surface area contributed by atoms with Gasteiger partial charge in [-0.15, -0.1) is 11.3 Å². The summed E-state index contributed by atoms with van der Waals surface area (Å²) in [4.78, 5) is 0. The van der Waals surface area contributed by atoms with Crippen LogP contribution in [0.4, 0.5) is 0 Å². The van der Waals surface area contributed by atoms with Crippen molar-refractivity contribution >= 4 is 107 Å². The molecule has 1 aliphatic carbocycles. The highest BCUT2D eigenvalue weighted by atomic mass is 32.1. The monoisotopic (exact) mass is 867 g/mol. The van der Waals surface area contributed by atoms with Crippen LogP contribution in [-0.2, 0) is 5.41 Å². The summed E-state index contributed by atoms with van der Waals surface area (Å²) in [5.41, 5.74) is 14.2. The summed E-state index contributed by atoms with van der Waals surface area (Å²) in [6, 6.07) is 80.3. The summed E-state index contributed by atoms with van der Waals surface area (Å²) in [5.74, 6) is 0. The highest BCUT2D eigenvalue weighted by Gasteiger charge is 2.35. The van der Waals surface area contributed by atoms with Gasteiger partial charge in [0.05, 0.1) is 16.7 Å². The van der Waals surface area contributed by atoms with Gasteiger partial charge in [-0.2, -0.15) is 0 Å². The van der Waals surface area contributed by atoms with Crippen molar-refractivity contribution in [3.05, 3.63) is 223 Å². The third kappa shape index (κ3) is 5.19. The lowest BCUT2D eigenvalue weighted by molar-refractivity contribution is 0.660. The third-order valence-corrected chi connectivity index (χ3v) is 16.5. The van der Waals surface area contributed by atoms with Crippen molar-refractivity contribution in [3.8, 4) is 39.1 Å². The summed E-state index contributed by atoms with van der Waals surface area (Å²) < 4.78 is 5.18. The van der Waals surface area contributed by atoms with Crippen LogP contribution in [0.2, 0.25) is 0 Å². The van der Waals surface area contributed by atoms with E-state index in [2.05, 4.69) is 231 Å². The van der Waals surface area contributed by atoms with Gasteiger partial charge in [0.15, 0.2) is 0 Å². The zero-order chi connectivity index (χ0) is 44.1. The van der Waals surface area contributed by atoms with Crippen LogP contribution in [0.5, 0.6) is 0 Å². The molecule has 0 saturated carbocycles. The summed E-state index contributed by atoms with van der Waals surface area (Å²) in [7, 11) is 0. The molecule has 12 aromatic carbocycles. The summed E-state index contributed by atoms with van der Waals surface area (Å²) in [6.45, 7) is 4.73. The maximum absolute atomic E-state index is 2.54. The molecule has 0 unspecified atom stereocenters. The van der Waals surface area contributed by atoms with E-state index >= 15 is 0 Å². The second-order valence-corrected chi connectivity index (χ2v) is 20.3. The van der Waals surface area contributed by atoms with Crippen molar-refractivity contribution < 1.29 is 0 Å². The van der Waals surface area contributed by atoms with Crippen molar-refractivity contribution in [1.82, 2.24) is 4.57 Å². The largest absolute Gasteiger partial charge is 0.308 e. The SMILES string of the molecule is CC1(C)c2ccccc2-c2ccc(-c3ccc4sc5ccc(-c6ccc7c(c6)c6ccccc6c6cc8c9ccc%10ccccc%10c9n(-c9cccc%10ccccc9%10)c8cc76)cc5c4c3)cc21. The van der Waals surface area contributed by atoms with E-state index in [4.69, 9.17) is 0 Å². The molecule has 15 rings (SSSR count). The molecule has 0 saturated heterocycles. The van der Waals surface area contributed by atoms with Crippen LogP contribution < -0.4 is 0 Å². The van der Waals surface area contributed by atoms with E-state index in [-0.39, 0.29) is 5.41 Å². The maximum atomic E-state index is 2.54. The van der Waals surface area contributed by atoms with Crippen LogP contribution in [0.3, 0.4) is 0 Å². The molecule has 1 nitrogen and oxygen atoms in total. The Bertz CT molecular complexity index is 4480. The lowest BCUT2D eigenvalue weighted by atomic mass is 9.81. The Morgan fingerprint density at radius 1 is 0.328 bits per heavy atom. The average Bonchev–Trinajstić information content (AvgIpc) is 3.99. The molecule has 0 bridgehead atoms. The Hall–Kier alpha value is -8.04. The smallest absolute Gasteiger partial charge is 0.0619 e. The number of thiophene rings is 1. The van der Waals surface area contributed by atoms with Crippen LogP contribution in [-0.4, -0.2) is 4.57 Å². The predicted molar refractivity (Wildman–Crippen MR) is 290 cm³/mol. The van der Waals surface area contributed by atoms with Gasteiger partial charge in [0.1, 0.15) is 0 Å². The van der Waals surface area contributed by atoms with Gasteiger partial charge >= 0.3 is 0 Å². The highest BCUT2D eigenvalue weighted by molar-refractivity contribution is 7.25. The topological polar surface area (TPSA) is 4.93 Å². The maximum Gasteiger partial charge on any atom is 0.0619 e. The fraction of sp³-hybridized carbons (Fsp3) is 0.0462. The van der Waals surface area contributed by atoms with Crippen LogP contribution in [0, 0.1) is 0 Å². The summed E-state index contributed by atoms with van der Waals surface area (Å²) in [6.07, 6.45) is 0. The molecule has 0 aliphatic heterocycles. The van der Waals surface area contributed by atoms with Crippen molar-refractivity contribution in [2.75, 3.05) is 0 Å². The number of nitrogens with zero attached hydrogens (tertiary/aromatic N) is 1. The molecule has 0 fully saturated rings. The highest BCUT2D eigenvalue weighted by Crippen LogP contribution is 2.50. The number of rotatable bonds is 3. The van der Waals surface area contributed by atoms with E-state index in [0.717, 1.165) is 0 Å². The van der Waals surface area contributed by atoms with E-state index in [1.807, 2.05) is 11.3 Å². The predicted octanol–water partition coefficient (Wildman–Crippen LogP) is 18.6. The Kier molecular flexibility index (Phi) is 7.51. The van der Waals surface area contributed by atoms with Crippen molar-refractivity contribution in [2.24, 2.45) is 0 Å². The summed E-state index contributed by atoms with van der Waals surface area (Å²) >= 11 is 1.89. The average molecular weight is 868 g/mol. The fourth-order valence-electron chi connectivity index (χ4n) is 12.1. The van der Waals surface area contributed by atoms with Gasteiger partial charge in [0.25, 0.3) is 0 Å². The Morgan fingerprint density at radius 3 is 1.61 bits per heavy atom. The number of aromatic nitrogens is 1. The first-order chi connectivity index (χ1) is 33.0. The molecule has 2 heteroatoms. The van der Waals surface area contributed by atoms with Crippen LogP contribution in [0.15, 0.2) is 212 Å². The minimum absolute atomic E-state index is 0.0352. The zero-order valence-electron chi connectivity index (χ0n) is 37.1. The van der Waals surface area contributed by atoms with Gasteiger partial charge < -0.3 is 4.57 Å². The van der Waals surface area contributed by atoms with Gasteiger partial charge in [0, 0.05) is 47.1 Å². The number of hydrogen-bond donors (Lipinski definition) is 0. The number of hydrogen-bond acceptors (Lipinski definition) is 1. The van der Waals surface area contributed by atoms with Gasteiger partial charge in [-0.05, 0) is 142 Å². The van der Waals surface area contributed by atoms with E-state index in [0.29, 0.717) is 0 Å². The Balaban J connectivity index is 0.922. The lowest BCUT2D eigenvalue weighted by Crippen LogP contribution is -2.14. The molecule has 0 amide bonds. The van der Waals surface area contributed by atoms with Crippen molar-refractivity contribution in [3.63, 3.8) is 0 Å². The lowest BCUT2D eigenvalue weighted by Gasteiger charge is -2.22. The normalized spacial score (nSPS) is 13.3. The molecule has 0 N–H and O–H groups in total. The van der Waals surface area contributed by atoms with Gasteiger partial charge in [0.2, 0.25) is 0 Å². The third-order valence-electron chi connectivity index (χ3n) is 15.3. The first-order valence-corrected chi connectivity index (χ1v) is 24.2. The first-order valence-electron chi connectivity index (χ1n) is 23.4. The van der Waals surface area contributed by atoms with E-state index < -0.39 is 0 Å². The van der Waals surface area contributed by atoms with Crippen LogP contribution >= 0.6 is 11.3 Å². The quantitative estimate of drug-likeness (QED) is 0.156. The van der Waals surface area contributed by atoms with Gasteiger partial charge in [-0.1, -0.05) is 172 Å². The van der Waals surface area contributed by atoms with Crippen molar-refractivity contribution in [1.29, 1.82) is 0 Å². The van der Waals surface area contributed by atoms with Crippen LogP contribution in [0.25, 0.3) is 135 Å². The molecule has 14 aromatic rings.